The van der Waals surface area contributed by atoms with Crippen molar-refractivity contribution in [2.24, 2.45) is 0 Å². The summed E-state index contributed by atoms with van der Waals surface area (Å²) in [6.07, 6.45) is 0.845. The van der Waals surface area contributed by atoms with Crippen molar-refractivity contribution in [2.75, 3.05) is 32.3 Å². The highest BCUT2D eigenvalue weighted by molar-refractivity contribution is 6.52. The summed E-state index contributed by atoms with van der Waals surface area (Å²) in [7, 11) is 3.26. The van der Waals surface area contributed by atoms with Crippen LogP contribution in [0.4, 0.5) is 5.69 Å². The first-order valence-electron chi connectivity index (χ1n) is 8.99. The first-order chi connectivity index (χ1) is 13.0. The molecule has 0 aromatic heterocycles. The van der Waals surface area contributed by atoms with Gasteiger partial charge in [-0.15, -0.1) is 0 Å². The summed E-state index contributed by atoms with van der Waals surface area (Å²) in [5, 5.41) is 0. The number of ketones is 1. The second kappa shape index (κ2) is 6.70. The molecule has 6 heteroatoms. The maximum atomic E-state index is 12.5. The molecule has 1 unspecified atom stereocenters. The zero-order valence-electron chi connectivity index (χ0n) is 15.7. The Morgan fingerprint density at radius 3 is 2.52 bits per heavy atom. The van der Waals surface area contributed by atoms with Gasteiger partial charge >= 0.3 is 5.91 Å². The van der Waals surface area contributed by atoms with Crippen LogP contribution in [0.1, 0.15) is 34.5 Å². The molecular weight excluding hydrogens is 344 g/mol. The van der Waals surface area contributed by atoms with Crippen LogP contribution in [0.3, 0.4) is 0 Å². The Bertz CT molecular complexity index is 924. The number of nitrogens with zero attached hydrogens (tertiary/aromatic N) is 2. The average molecular weight is 366 g/mol. The predicted molar refractivity (Wildman–Crippen MR) is 101 cm³/mol. The third-order valence-corrected chi connectivity index (χ3v) is 5.51. The number of methoxy groups -OCH3 is 2. The molecule has 0 fully saturated rings. The van der Waals surface area contributed by atoms with Crippen molar-refractivity contribution in [1.82, 2.24) is 4.90 Å². The minimum Gasteiger partial charge on any atom is -0.493 e. The molecule has 0 aliphatic carbocycles. The number of para-hydroxylation sites is 1. The second-order valence-electron chi connectivity index (χ2n) is 6.87. The number of Topliss-reactive ketones (excluding diaryl/α,β-unsaturated/α-hetero) is 1. The quantitative estimate of drug-likeness (QED) is 0.779. The molecule has 1 amide bonds. The molecule has 140 valence electrons. The highest BCUT2D eigenvalue weighted by Gasteiger charge is 2.37. The molecule has 0 bridgehead atoms. The summed E-state index contributed by atoms with van der Waals surface area (Å²) < 4.78 is 10.9. The highest BCUT2D eigenvalue weighted by atomic mass is 16.5. The van der Waals surface area contributed by atoms with Crippen LogP contribution in [0.2, 0.25) is 0 Å². The third-order valence-electron chi connectivity index (χ3n) is 5.51. The van der Waals surface area contributed by atoms with Gasteiger partial charge in [-0.1, -0.05) is 12.1 Å². The van der Waals surface area contributed by atoms with Crippen molar-refractivity contribution in [3.05, 3.63) is 53.1 Å². The first kappa shape index (κ1) is 17.5. The van der Waals surface area contributed by atoms with Crippen molar-refractivity contribution in [1.29, 1.82) is 0 Å². The Morgan fingerprint density at radius 2 is 1.78 bits per heavy atom. The fourth-order valence-corrected chi connectivity index (χ4v) is 3.96. The fraction of sp³-hybridized carbons (Fsp3) is 0.333. The van der Waals surface area contributed by atoms with Crippen LogP contribution in [0.5, 0.6) is 11.5 Å². The van der Waals surface area contributed by atoms with Gasteiger partial charge < -0.3 is 9.47 Å². The lowest BCUT2D eigenvalue weighted by atomic mass is 9.93. The molecule has 0 saturated carbocycles. The molecule has 0 radical (unpaired) electrons. The number of carbonyl (C=O) groups excluding carboxylic acids is 2. The van der Waals surface area contributed by atoms with Gasteiger partial charge in [-0.25, -0.2) is 0 Å². The van der Waals surface area contributed by atoms with Crippen molar-refractivity contribution in [3.8, 4) is 11.5 Å². The monoisotopic (exact) mass is 366 g/mol. The summed E-state index contributed by atoms with van der Waals surface area (Å²) in [6.45, 7) is 3.29. The van der Waals surface area contributed by atoms with Crippen molar-refractivity contribution in [3.63, 3.8) is 0 Å². The summed E-state index contributed by atoms with van der Waals surface area (Å²) in [4.78, 5) is 28.5. The summed E-state index contributed by atoms with van der Waals surface area (Å²) in [5.74, 6) is 0.539. The zero-order valence-corrected chi connectivity index (χ0v) is 15.7. The summed E-state index contributed by atoms with van der Waals surface area (Å²) in [6, 6.07) is 11.3. The van der Waals surface area contributed by atoms with E-state index in [9.17, 15) is 9.59 Å². The Labute approximate surface area is 158 Å². The van der Waals surface area contributed by atoms with E-state index in [0.717, 1.165) is 24.3 Å². The van der Waals surface area contributed by atoms with Gasteiger partial charge in [0.25, 0.3) is 5.78 Å². The Balaban J connectivity index is 1.62. The number of anilines is 1. The van der Waals surface area contributed by atoms with Gasteiger partial charge in [-0.2, -0.15) is 0 Å². The van der Waals surface area contributed by atoms with E-state index in [0.29, 0.717) is 23.7 Å². The van der Waals surface area contributed by atoms with Crippen LogP contribution < -0.4 is 14.4 Å². The van der Waals surface area contributed by atoms with E-state index in [1.54, 1.807) is 31.3 Å². The van der Waals surface area contributed by atoms with Crippen molar-refractivity contribution < 1.29 is 19.1 Å². The predicted octanol–water partition coefficient (Wildman–Crippen LogP) is 2.81. The number of fused-ring (bicyclic) bond motifs is 2. The maximum absolute atomic E-state index is 12.5. The van der Waals surface area contributed by atoms with Crippen LogP contribution in [-0.2, 0) is 11.2 Å². The number of ether oxygens (including phenoxy) is 2. The number of amides is 1. The molecule has 2 heterocycles. The van der Waals surface area contributed by atoms with E-state index in [1.807, 2.05) is 24.3 Å². The lowest BCUT2D eigenvalue weighted by molar-refractivity contribution is -0.114. The molecule has 0 spiro atoms. The summed E-state index contributed by atoms with van der Waals surface area (Å²) >= 11 is 0. The Morgan fingerprint density at radius 1 is 1.07 bits per heavy atom. The molecule has 0 saturated heterocycles. The third kappa shape index (κ3) is 2.77. The summed E-state index contributed by atoms with van der Waals surface area (Å²) in [5.41, 5.74) is 3.56. The topological polar surface area (TPSA) is 59.1 Å². The van der Waals surface area contributed by atoms with Gasteiger partial charge in [-0.05, 0) is 48.7 Å². The molecule has 2 aromatic rings. The van der Waals surface area contributed by atoms with Crippen LogP contribution in [0, 0.1) is 0 Å². The van der Waals surface area contributed by atoms with E-state index < -0.39 is 11.7 Å². The van der Waals surface area contributed by atoms with Crippen LogP contribution >= 0.6 is 0 Å². The average Bonchev–Trinajstić information content (AvgIpc) is 2.94. The van der Waals surface area contributed by atoms with Gasteiger partial charge in [-0.3, -0.25) is 19.4 Å². The lowest BCUT2D eigenvalue weighted by Gasteiger charge is -2.37. The SMILES string of the molecule is COc1cc2c(cc1OC)C(C)N(CN1C(=O)C(=O)c3ccccc31)CC2. The standard InChI is InChI=1S/C21H22N2O4/c1-13-16-11-19(27-3)18(26-2)10-14(16)8-9-22(13)12-23-17-7-5-4-6-15(17)20(24)21(23)25/h4-7,10-11,13H,8-9,12H2,1-3H3. The van der Waals surface area contributed by atoms with E-state index in [1.165, 1.54) is 5.56 Å². The van der Waals surface area contributed by atoms with Gasteiger partial charge in [0.2, 0.25) is 0 Å². The molecule has 6 nitrogen and oxygen atoms in total. The van der Waals surface area contributed by atoms with Crippen molar-refractivity contribution in [2.45, 2.75) is 19.4 Å². The number of carbonyl (C=O) groups is 2. The first-order valence-corrected chi connectivity index (χ1v) is 8.99. The van der Waals surface area contributed by atoms with Gasteiger partial charge in [0, 0.05) is 12.6 Å². The minimum absolute atomic E-state index is 0.0872. The van der Waals surface area contributed by atoms with Crippen LogP contribution in [0.25, 0.3) is 0 Å². The van der Waals surface area contributed by atoms with E-state index in [-0.39, 0.29) is 6.04 Å². The van der Waals surface area contributed by atoms with Gasteiger partial charge in [0.05, 0.1) is 32.1 Å². The molecule has 1 atom stereocenters. The Hall–Kier alpha value is -2.86. The fourth-order valence-electron chi connectivity index (χ4n) is 3.96. The highest BCUT2D eigenvalue weighted by Crippen LogP contribution is 2.38. The zero-order chi connectivity index (χ0) is 19.1. The van der Waals surface area contributed by atoms with E-state index in [2.05, 4.69) is 11.8 Å². The maximum Gasteiger partial charge on any atom is 0.300 e. The molecular formula is C21H22N2O4. The molecule has 4 rings (SSSR count). The largest absolute Gasteiger partial charge is 0.493 e. The smallest absolute Gasteiger partial charge is 0.300 e. The second-order valence-corrected chi connectivity index (χ2v) is 6.87. The number of benzene rings is 2. The molecule has 2 aromatic carbocycles. The number of hydrogen-bond acceptors (Lipinski definition) is 5. The molecule has 27 heavy (non-hydrogen) atoms. The molecule has 2 aliphatic rings. The Kier molecular flexibility index (Phi) is 4.36. The lowest BCUT2D eigenvalue weighted by Crippen LogP contribution is -2.44. The van der Waals surface area contributed by atoms with E-state index in [4.69, 9.17) is 9.47 Å². The van der Waals surface area contributed by atoms with Crippen LogP contribution in [-0.4, -0.2) is 44.0 Å². The normalized spacial score (nSPS) is 19.1. The molecule has 0 N–H and O–H groups in total. The number of rotatable bonds is 4. The number of hydrogen-bond donors (Lipinski definition) is 0. The van der Waals surface area contributed by atoms with Crippen LogP contribution in [0.15, 0.2) is 36.4 Å². The molecule has 2 aliphatic heterocycles. The van der Waals surface area contributed by atoms with E-state index >= 15 is 0 Å². The van der Waals surface area contributed by atoms with Gasteiger partial charge in [0.1, 0.15) is 0 Å². The minimum atomic E-state index is -0.457. The van der Waals surface area contributed by atoms with Gasteiger partial charge in [0.15, 0.2) is 11.5 Å². The van der Waals surface area contributed by atoms with Crippen molar-refractivity contribution >= 4 is 17.4 Å².